The highest BCUT2D eigenvalue weighted by Gasteiger charge is 2.07. The minimum absolute atomic E-state index is 0.0953. The molecule has 0 saturated carbocycles. The molecule has 1 amide bonds. The Bertz CT molecular complexity index is 454. The Kier molecular flexibility index (Phi) is 7.01. The number of hydrogen-bond donors (Lipinski definition) is 3. The topological polar surface area (TPSA) is 53.2 Å². The molecule has 1 aromatic rings. The third-order valence-electron chi connectivity index (χ3n) is 2.97. The third kappa shape index (κ3) is 5.57. The zero-order valence-electron chi connectivity index (χ0n) is 12.4. The van der Waals surface area contributed by atoms with Crippen molar-refractivity contribution in [3.63, 3.8) is 0 Å². The molecule has 0 bridgehead atoms. The highest BCUT2D eigenvalue weighted by atomic mass is 32.1. The van der Waals surface area contributed by atoms with Gasteiger partial charge in [0.05, 0.1) is 6.54 Å². The molecule has 0 atom stereocenters. The van der Waals surface area contributed by atoms with E-state index in [1.54, 1.807) is 0 Å². The largest absolute Gasteiger partial charge is 0.363 e. The zero-order valence-corrected chi connectivity index (χ0v) is 13.2. The Labute approximate surface area is 126 Å². The van der Waals surface area contributed by atoms with Gasteiger partial charge in [-0.05, 0) is 43.6 Å². The van der Waals surface area contributed by atoms with Crippen molar-refractivity contribution in [3.8, 4) is 0 Å². The number of nitrogens with one attached hydrogen (secondary N) is 3. The Balaban J connectivity index is 2.39. The Morgan fingerprint density at radius 2 is 1.85 bits per heavy atom. The van der Waals surface area contributed by atoms with E-state index in [1.165, 1.54) is 0 Å². The van der Waals surface area contributed by atoms with Gasteiger partial charge in [-0.25, -0.2) is 0 Å². The minimum atomic E-state index is -0.0953. The van der Waals surface area contributed by atoms with Gasteiger partial charge in [-0.15, -0.1) is 0 Å². The molecule has 0 unspecified atom stereocenters. The summed E-state index contributed by atoms with van der Waals surface area (Å²) in [7, 11) is 0. The smallest absolute Gasteiger partial charge is 0.243 e. The Hall–Kier alpha value is -1.62. The summed E-state index contributed by atoms with van der Waals surface area (Å²) in [5, 5.41) is 9.41. The fraction of sp³-hybridized carbons (Fsp3) is 0.467. The molecule has 0 aliphatic carbocycles. The lowest BCUT2D eigenvalue weighted by atomic mass is 10.1. The van der Waals surface area contributed by atoms with Crippen molar-refractivity contribution in [1.82, 2.24) is 10.6 Å². The molecular weight excluding hydrogens is 270 g/mol. The first-order valence-corrected chi connectivity index (χ1v) is 7.33. The number of thiocarbonyl (C=S) groups is 1. The maximum Gasteiger partial charge on any atom is 0.243 e. The van der Waals surface area contributed by atoms with Gasteiger partial charge in [-0.2, -0.15) is 0 Å². The van der Waals surface area contributed by atoms with Gasteiger partial charge in [0.15, 0.2) is 5.11 Å². The normalized spacial score (nSPS) is 9.95. The second kappa shape index (κ2) is 8.53. The summed E-state index contributed by atoms with van der Waals surface area (Å²) in [4.78, 5) is 11.9. The lowest BCUT2D eigenvalue weighted by Gasteiger charge is -2.13. The van der Waals surface area contributed by atoms with Gasteiger partial charge in [0.2, 0.25) is 5.91 Å². The van der Waals surface area contributed by atoms with Gasteiger partial charge in [-0.3, -0.25) is 4.79 Å². The van der Waals surface area contributed by atoms with Crippen LogP contribution in [-0.2, 0) is 4.79 Å². The van der Waals surface area contributed by atoms with Crippen molar-refractivity contribution in [2.45, 2.75) is 33.6 Å². The van der Waals surface area contributed by atoms with Crippen molar-refractivity contribution in [2.24, 2.45) is 0 Å². The first kappa shape index (κ1) is 16.4. The van der Waals surface area contributed by atoms with Crippen LogP contribution in [-0.4, -0.2) is 24.1 Å². The van der Waals surface area contributed by atoms with Gasteiger partial charge in [-0.1, -0.05) is 31.5 Å². The molecule has 0 saturated heterocycles. The van der Waals surface area contributed by atoms with E-state index in [-0.39, 0.29) is 12.5 Å². The second-order valence-corrected chi connectivity index (χ2v) is 5.19. The molecule has 0 aliphatic rings. The highest BCUT2D eigenvalue weighted by Crippen LogP contribution is 2.18. The number of benzene rings is 1. The van der Waals surface area contributed by atoms with E-state index in [1.807, 2.05) is 32.0 Å². The lowest BCUT2D eigenvalue weighted by Crippen LogP contribution is -2.40. The molecule has 0 aromatic heterocycles. The summed E-state index contributed by atoms with van der Waals surface area (Å²) in [6, 6.07) is 5.94. The van der Waals surface area contributed by atoms with Crippen LogP contribution in [0.15, 0.2) is 18.2 Å². The summed E-state index contributed by atoms with van der Waals surface area (Å²) < 4.78 is 0. The van der Waals surface area contributed by atoms with Crippen LogP contribution in [0.5, 0.6) is 0 Å². The van der Waals surface area contributed by atoms with E-state index in [2.05, 4.69) is 22.9 Å². The molecule has 1 rings (SSSR count). The van der Waals surface area contributed by atoms with Crippen molar-refractivity contribution < 1.29 is 4.79 Å². The Morgan fingerprint density at radius 1 is 1.20 bits per heavy atom. The van der Waals surface area contributed by atoms with Crippen LogP contribution in [0.2, 0.25) is 0 Å². The molecule has 0 fully saturated rings. The van der Waals surface area contributed by atoms with Crippen LogP contribution in [0.1, 0.15) is 30.9 Å². The number of hydrogen-bond acceptors (Lipinski definition) is 2. The number of para-hydroxylation sites is 1. The molecule has 110 valence electrons. The standard InChI is InChI=1S/C15H23N3OS/c1-4-5-9-16-15(20)17-10-13(19)18-14-11(2)7-6-8-12(14)3/h6-8H,4-5,9-10H2,1-3H3,(H,18,19)(H2,16,17,20). The number of aryl methyl sites for hydroxylation is 2. The molecule has 0 heterocycles. The van der Waals surface area contributed by atoms with E-state index in [0.29, 0.717) is 5.11 Å². The average Bonchev–Trinajstić information content (AvgIpc) is 2.41. The molecule has 1 aromatic carbocycles. The fourth-order valence-corrected chi connectivity index (χ4v) is 1.97. The van der Waals surface area contributed by atoms with Crippen LogP contribution in [0.3, 0.4) is 0 Å². The van der Waals surface area contributed by atoms with Crippen molar-refractivity contribution in [3.05, 3.63) is 29.3 Å². The van der Waals surface area contributed by atoms with Crippen molar-refractivity contribution >= 4 is 28.9 Å². The summed E-state index contributed by atoms with van der Waals surface area (Å²) in [5.41, 5.74) is 2.99. The number of amides is 1. The summed E-state index contributed by atoms with van der Waals surface area (Å²) in [6.07, 6.45) is 2.18. The average molecular weight is 293 g/mol. The third-order valence-corrected chi connectivity index (χ3v) is 3.26. The first-order valence-electron chi connectivity index (χ1n) is 6.92. The summed E-state index contributed by atoms with van der Waals surface area (Å²) in [5.74, 6) is -0.0953. The molecule has 4 nitrogen and oxygen atoms in total. The molecule has 20 heavy (non-hydrogen) atoms. The Morgan fingerprint density at radius 3 is 2.45 bits per heavy atom. The number of carbonyl (C=O) groups excluding carboxylic acids is 1. The molecule has 0 spiro atoms. The number of carbonyl (C=O) groups is 1. The summed E-state index contributed by atoms with van der Waals surface area (Å²) >= 11 is 5.10. The monoisotopic (exact) mass is 293 g/mol. The van der Waals surface area contributed by atoms with E-state index < -0.39 is 0 Å². The minimum Gasteiger partial charge on any atom is -0.363 e. The molecule has 0 radical (unpaired) electrons. The molecular formula is C15H23N3OS. The fourth-order valence-electron chi connectivity index (χ4n) is 1.80. The lowest BCUT2D eigenvalue weighted by molar-refractivity contribution is -0.115. The molecule has 3 N–H and O–H groups in total. The van der Waals surface area contributed by atoms with Crippen LogP contribution < -0.4 is 16.0 Å². The SMILES string of the molecule is CCCCNC(=S)NCC(=O)Nc1c(C)cccc1C. The highest BCUT2D eigenvalue weighted by molar-refractivity contribution is 7.80. The van der Waals surface area contributed by atoms with Crippen LogP contribution >= 0.6 is 12.2 Å². The predicted octanol–water partition coefficient (Wildman–Crippen LogP) is 2.51. The number of anilines is 1. The van der Waals surface area contributed by atoms with Gasteiger partial charge in [0.25, 0.3) is 0 Å². The van der Waals surface area contributed by atoms with Crippen molar-refractivity contribution in [1.29, 1.82) is 0 Å². The van der Waals surface area contributed by atoms with E-state index in [4.69, 9.17) is 12.2 Å². The second-order valence-electron chi connectivity index (χ2n) is 4.78. The van der Waals surface area contributed by atoms with E-state index >= 15 is 0 Å². The van der Waals surface area contributed by atoms with Gasteiger partial charge in [0, 0.05) is 12.2 Å². The van der Waals surface area contributed by atoms with Crippen molar-refractivity contribution in [2.75, 3.05) is 18.4 Å². The molecule has 0 aliphatic heterocycles. The van der Waals surface area contributed by atoms with Crippen LogP contribution in [0.25, 0.3) is 0 Å². The van der Waals surface area contributed by atoms with E-state index in [0.717, 1.165) is 36.2 Å². The number of unbranched alkanes of at least 4 members (excludes halogenated alkanes) is 1. The van der Waals surface area contributed by atoms with E-state index in [9.17, 15) is 4.79 Å². The van der Waals surface area contributed by atoms with Gasteiger partial charge in [0.1, 0.15) is 0 Å². The van der Waals surface area contributed by atoms with Gasteiger partial charge >= 0.3 is 0 Å². The maximum atomic E-state index is 11.9. The van der Waals surface area contributed by atoms with Crippen LogP contribution in [0.4, 0.5) is 5.69 Å². The first-order chi connectivity index (χ1) is 9.54. The zero-order chi connectivity index (χ0) is 15.0. The predicted molar refractivity (Wildman–Crippen MR) is 88.1 cm³/mol. The van der Waals surface area contributed by atoms with Gasteiger partial charge < -0.3 is 16.0 Å². The quantitative estimate of drug-likeness (QED) is 0.557. The van der Waals surface area contributed by atoms with Crippen LogP contribution in [0, 0.1) is 13.8 Å². The maximum absolute atomic E-state index is 11.9. The number of rotatable bonds is 6. The summed E-state index contributed by atoms with van der Waals surface area (Å²) in [6.45, 7) is 7.09. The molecule has 5 heteroatoms.